The van der Waals surface area contributed by atoms with Gasteiger partial charge in [-0.1, -0.05) is 19.8 Å². The van der Waals surface area contributed by atoms with Crippen molar-refractivity contribution in [3.63, 3.8) is 0 Å². The van der Waals surface area contributed by atoms with Crippen molar-refractivity contribution >= 4 is 41.3 Å². The molecule has 0 aliphatic carbocycles. The SMILES string of the molecule is CCCCCN=C(NCC)NCCN1CCc2sccc2C1.I. The van der Waals surface area contributed by atoms with Crippen LogP contribution in [0.3, 0.4) is 0 Å². The van der Waals surface area contributed by atoms with Gasteiger partial charge in [-0.05, 0) is 36.8 Å². The number of hydrogen-bond acceptors (Lipinski definition) is 3. The van der Waals surface area contributed by atoms with Crippen LogP contribution in [0.15, 0.2) is 16.4 Å². The van der Waals surface area contributed by atoms with Crippen molar-refractivity contribution < 1.29 is 0 Å². The summed E-state index contributed by atoms with van der Waals surface area (Å²) in [4.78, 5) is 8.75. The molecule has 0 atom stereocenters. The summed E-state index contributed by atoms with van der Waals surface area (Å²) in [6.45, 7) is 10.5. The van der Waals surface area contributed by atoms with Crippen LogP contribution >= 0.6 is 35.3 Å². The zero-order chi connectivity index (χ0) is 15.6. The highest BCUT2D eigenvalue weighted by atomic mass is 127. The molecule has 6 heteroatoms. The maximum atomic E-state index is 4.64. The van der Waals surface area contributed by atoms with Gasteiger partial charge in [0.25, 0.3) is 0 Å². The second kappa shape index (κ2) is 12.1. The van der Waals surface area contributed by atoms with Crippen molar-refractivity contribution in [2.75, 3.05) is 32.7 Å². The third kappa shape index (κ3) is 7.39. The molecule has 0 spiro atoms. The lowest BCUT2D eigenvalue weighted by Gasteiger charge is -2.27. The highest BCUT2D eigenvalue weighted by molar-refractivity contribution is 14.0. The maximum absolute atomic E-state index is 4.64. The second-order valence-electron chi connectivity index (χ2n) is 5.79. The molecule has 1 aliphatic rings. The van der Waals surface area contributed by atoms with Gasteiger partial charge in [0, 0.05) is 44.1 Å². The van der Waals surface area contributed by atoms with Gasteiger partial charge in [-0.3, -0.25) is 9.89 Å². The maximum Gasteiger partial charge on any atom is 0.191 e. The third-order valence-electron chi connectivity index (χ3n) is 3.98. The van der Waals surface area contributed by atoms with Crippen molar-refractivity contribution in [1.82, 2.24) is 15.5 Å². The van der Waals surface area contributed by atoms with E-state index in [4.69, 9.17) is 0 Å². The minimum Gasteiger partial charge on any atom is -0.357 e. The minimum absolute atomic E-state index is 0. The molecule has 4 nitrogen and oxygen atoms in total. The molecule has 1 aromatic rings. The predicted molar refractivity (Wildman–Crippen MR) is 112 cm³/mol. The average molecular weight is 450 g/mol. The highest BCUT2D eigenvalue weighted by Gasteiger charge is 2.16. The van der Waals surface area contributed by atoms with Gasteiger partial charge in [-0.15, -0.1) is 35.3 Å². The number of rotatable bonds is 8. The Hall–Kier alpha value is -0.340. The van der Waals surface area contributed by atoms with E-state index in [1.807, 2.05) is 11.3 Å². The van der Waals surface area contributed by atoms with Crippen molar-refractivity contribution in [2.24, 2.45) is 4.99 Å². The van der Waals surface area contributed by atoms with Crippen LogP contribution in [-0.2, 0) is 13.0 Å². The molecule has 0 unspecified atom stereocenters. The molecule has 23 heavy (non-hydrogen) atoms. The van der Waals surface area contributed by atoms with Crippen LogP contribution in [0.4, 0.5) is 0 Å². The number of nitrogens with one attached hydrogen (secondary N) is 2. The molecule has 2 N–H and O–H groups in total. The number of fused-ring (bicyclic) bond motifs is 1. The summed E-state index contributed by atoms with van der Waals surface area (Å²) in [6.07, 6.45) is 4.90. The van der Waals surface area contributed by atoms with E-state index in [1.165, 1.54) is 37.8 Å². The molecule has 2 heterocycles. The first-order valence-electron chi connectivity index (χ1n) is 8.63. The van der Waals surface area contributed by atoms with E-state index in [0.29, 0.717) is 0 Å². The van der Waals surface area contributed by atoms with E-state index in [0.717, 1.165) is 38.7 Å². The Balaban J connectivity index is 0.00000264. The molecule has 2 rings (SSSR count). The summed E-state index contributed by atoms with van der Waals surface area (Å²) in [5.74, 6) is 0.965. The van der Waals surface area contributed by atoms with E-state index >= 15 is 0 Å². The highest BCUT2D eigenvalue weighted by Crippen LogP contribution is 2.23. The van der Waals surface area contributed by atoms with Crippen molar-refractivity contribution in [3.05, 3.63) is 21.9 Å². The Kier molecular flexibility index (Phi) is 10.9. The largest absolute Gasteiger partial charge is 0.357 e. The van der Waals surface area contributed by atoms with Gasteiger partial charge in [-0.25, -0.2) is 0 Å². The Labute approximate surface area is 162 Å². The first kappa shape index (κ1) is 20.7. The summed E-state index contributed by atoms with van der Waals surface area (Å²) >= 11 is 1.90. The lowest BCUT2D eigenvalue weighted by atomic mass is 10.1. The quantitative estimate of drug-likeness (QED) is 0.276. The second-order valence-corrected chi connectivity index (χ2v) is 6.79. The number of unbranched alkanes of at least 4 members (excludes halogenated alkanes) is 2. The molecule has 0 saturated carbocycles. The molecular weight excluding hydrogens is 419 g/mol. The molecule has 0 fully saturated rings. The minimum atomic E-state index is 0. The van der Waals surface area contributed by atoms with E-state index in [9.17, 15) is 0 Å². The van der Waals surface area contributed by atoms with Crippen LogP contribution in [-0.4, -0.2) is 43.6 Å². The van der Waals surface area contributed by atoms with Crippen LogP contribution in [0.25, 0.3) is 0 Å². The normalized spacial score (nSPS) is 15.0. The molecule has 0 saturated heterocycles. The first-order valence-corrected chi connectivity index (χ1v) is 9.51. The zero-order valence-electron chi connectivity index (χ0n) is 14.4. The Bertz CT molecular complexity index is 461. The summed E-state index contributed by atoms with van der Waals surface area (Å²) in [6, 6.07) is 2.28. The van der Waals surface area contributed by atoms with Crippen LogP contribution in [0.2, 0.25) is 0 Å². The van der Waals surface area contributed by atoms with E-state index in [2.05, 4.69) is 45.8 Å². The summed E-state index contributed by atoms with van der Waals surface area (Å²) in [5, 5.41) is 9.01. The number of guanidine groups is 1. The van der Waals surface area contributed by atoms with Gasteiger partial charge in [0.1, 0.15) is 0 Å². The smallest absolute Gasteiger partial charge is 0.191 e. The Morgan fingerprint density at radius 3 is 2.96 bits per heavy atom. The molecule has 0 aromatic carbocycles. The van der Waals surface area contributed by atoms with Crippen LogP contribution < -0.4 is 10.6 Å². The van der Waals surface area contributed by atoms with E-state index in [1.54, 1.807) is 4.88 Å². The monoisotopic (exact) mass is 450 g/mol. The Morgan fingerprint density at radius 2 is 2.17 bits per heavy atom. The number of nitrogens with zero attached hydrogens (tertiary/aromatic N) is 2. The molecule has 0 bridgehead atoms. The fraction of sp³-hybridized carbons (Fsp3) is 0.706. The number of aliphatic imine (C=N–C) groups is 1. The number of hydrogen-bond donors (Lipinski definition) is 2. The zero-order valence-corrected chi connectivity index (χ0v) is 17.6. The third-order valence-corrected chi connectivity index (χ3v) is 5.01. The van der Waals surface area contributed by atoms with Gasteiger partial charge in [0.15, 0.2) is 5.96 Å². The van der Waals surface area contributed by atoms with E-state index < -0.39 is 0 Å². The van der Waals surface area contributed by atoms with E-state index in [-0.39, 0.29) is 24.0 Å². The number of thiophene rings is 1. The van der Waals surface area contributed by atoms with Crippen molar-refractivity contribution in [1.29, 1.82) is 0 Å². The molecule has 1 aromatic heterocycles. The molecule has 0 amide bonds. The van der Waals surface area contributed by atoms with Gasteiger partial charge < -0.3 is 10.6 Å². The lowest BCUT2D eigenvalue weighted by molar-refractivity contribution is 0.260. The van der Waals surface area contributed by atoms with Crippen LogP contribution in [0, 0.1) is 0 Å². The molecule has 1 aliphatic heterocycles. The number of halogens is 1. The van der Waals surface area contributed by atoms with Crippen molar-refractivity contribution in [2.45, 2.75) is 46.1 Å². The van der Waals surface area contributed by atoms with Crippen molar-refractivity contribution in [3.8, 4) is 0 Å². The van der Waals surface area contributed by atoms with Gasteiger partial charge in [-0.2, -0.15) is 0 Å². The van der Waals surface area contributed by atoms with Crippen LogP contribution in [0.1, 0.15) is 43.6 Å². The molecule has 0 radical (unpaired) electrons. The van der Waals surface area contributed by atoms with Gasteiger partial charge >= 0.3 is 0 Å². The average Bonchev–Trinajstić information content (AvgIpc) is 2.99. The molecular formula is C17H31IN4S. The lowest BCUT2D eigenvalue weighted by Crippen LogP contribution is -2.42. The standard InChI is InChI=1S/C17H30N4S.HI/c1-3-5-6-9-19-17(18-4-2)20-10-12-21-11-7-16-15(14-21)8-13-22-16;/h8,13H,3-7,9-12,14H2,1-2H3,(H2,18,19,20);1H. The first-order chi connectivity index (χ1) is 10.8. The summed E-state index contributed by atoms with van der Waals surface area (Å²) in [5.41, 5.74) is 1.52. The Morgan fingerprint density at radius 1 is 1.30 bits per heavy atom. The van der Waals surface area contributed by atoms with Gasteiger partial charge in [0.2, 0.25) is 0 Å². The molecule has 132 valence electrons. The fourth-order valence-corrected chi connectivity index (χ4v) is 3.61. The van der Waals surface area contributed by atoms with Crippen LogP contribution in [0.5, 0.6) is 0 Å². The van der Waals surface area contributed by atoms with Gasteiger partial charge in [0.05, 0.1) is 0 Å². The predicted octanol–water partition coefficient (Wildman–Crippen LogP) is 3.47. The summed E-state index contributed by atoms with van der Waals surface area (Å²) in [7, 11) is 0. The fourth-order valence-electron chi connectivity index (χ4n) is 2.72. The topological polar surface area (TPSA) is 39.7 Å². The summed E-state index contributed by atoms with van der Waals surface area (Å²) < 4.78 is 0.